The van der Waals surface area contributed by atoms with Gasteiger partial charge in [-0.25, -0.2) is 0 Å². The first kappa shape index (κ1) is 30.3. The van der Waals surface area contributed by atoms with Crippen LogP contribution in [0.4, 0.5) is 0 Å². The van der Waals surface area contributed by atoms with Crippen LogP contribution in [0.25, 0.3) is 0 Å². The minimum atomic E-state index is -0.697. The molecule has 2 aliphatic rings. The van der Waals surface area contributed by atoms with Crippen molar-refractivity contribution in [3.63, 3.8) is 0 Å². The number of imide groups is 2. The fourth-order valence-corrected chi connectivity index (χ4v) is 4.03. The van der Waals surface area contributed by atoms with Crippen LogP contribution >= 0.6 is 0 Å². The minimum absolute atomic E-state index is 0.00491. The van der Waals surface area contributed by atoms with E-state index >= 15 is 0 Å². The fourth-order valence-electron chi connectivity index (χ4n) is 4.03. The van der Waals surface area contributed by atoms with E-state index in [1.165, 1.54) is 4.90 Å². The Morgan fingerprint density at radius 3 is 1.89 bits per heavy atom. The van der Waals surface area contributed by atoms with Gasteiger partial charge in [-0.3, -0.25) is 43.9 Å². The van der Waals surface area contributed by atoms with Crippen LogP contribution in [0.1, 0.15) is 47.5 Å². The Hall–Kier alpha value is -2.70. The third-order valence-electron chi connectivity index (χ3n) is 6.28. The van der Waals surface area contributed by atoms with Gasteiger partial charge in [-0.1, -0.05) is 20.8 Å². The van der Waals surface area contributed by atoms with Gasteiger partial charge in [0.1, 0.15) is 11.8 Å². The zero-order valence-electron chi connectivity index (χ0n) is 21.4. The molecule has 5 unspecified atom stereocenters. The van der Waals surface area contributed by atoms with Gasteiger partial charge in [0.15, 0.2) is 0 Å². The number of carbonyl (C=O) groups excluding carboxylic acids is 6. The molecule has 2 heterocycles. The number of hydrogen-bond donors (Lipinski definition) is 4. The molecule has 5 amide bonds. The first-order valence-corrected chi connectivity index (χ1v) is 12.0. The topological polar surface area (TPSA) is 165 Å². The highest BCUT2D eigenvalue weighted by Crippen LogP contribution is 2.22. The van der Waals surface area contributed by atoms with Crippen LogP contribution in [-0.2, 0) is 28.8 Å². The quantitative estimate of drug-likeness (QED) is 0.252. The van der Waals surface area contributed by atoms with Crippen molar-refractivity contribution < 1.29 is 33.9 Å². The highest BCUT2D eigenvalue weighted by Gasteiger charge is 2.47. The highest BCUT2D eigenvalue weighted by molar-refractivity contribution is 6.08. The largest absolute Gasteiger partial charge is 0.396 e. The number of aliphatic hydroxyl groups is 1. The summed E-state index contributed by atoms with van der Waals surface area (Å²) in [5.74, 6) is -2.90. The number of hydrogen-bond acceptors (Lipinski definition) is 9. The number of carbonyl (C=O) groups is 6. The van der Waals surface area contributed by atoms with Crippen molar-refractivity contribution >= 4 is 35.3 Å². The molecule has 2 rings (SSSR count). The number of nitrogens with zero attached hydrogens (tertiary/aromatic N) is 2. The molecule has 0 spiro atoms. The van der Waals surface area contributed by atoms with E-state index in [9.17, 15) is 28.8 Å². The lowest BCUT2D eigenvalue weighted by atomic mass is 10.0. The van der Waals surface area contributed by atoms with E-state index in [2.05, 4.69) is 16.0 Å². The molecule has 0 aromatic rings. The highest BCUT2D eigenvalue weighted by atomic mass is 16.3. The Bertz CT molecular complexity index is 818. The van der Waals surface area contributed by atoms with Crippen LogP contribution in [0.3, 0.4) is 0 Å². The summed E-state index contributed by atoms with van der Waals surface area (Å²) in [7, 11) is 1.63. The van der Waals surface area contributed by atoms with Crippen molar-refractivity contribution in [2.45, 2.75) is 59.5 Å². The Labute approximate surface area is 206 Å². The Morgan fingerprint density at radius 1 is 0.914 bits per heavy atom. The Kier molecular flexibility index (Phi) is 12.1. The molecule has 12 nitrogen and oxygen atoms in total. The van der Waals surface area contributed by atoms with Crippen molar-refractivity contribution in [1.82, 2.24) is 25.8 Å². The van der Waals surface area contributed by atoms with Crippen molar-refractivity contribution in [3.8, 4) is 0 Å². The predicted octanol–water partition coefficient (Wildman–Crippen LogP) is -1.38. The zero-order valence-corrected chi connectivity index (χ0v) is 21.4. The monoisotopic (exact) mass is 497 g/mol. The van der Waals surface area contributed by atoms with Crippen LogP contribution in [0, 0.1) is 17.8 Å². The van der Waals surface area contributed by atoms with Gasteiger partial charge in [-0.15, -0.1) is 0 Å². The van der Waals surface area contributed by atoms with Crippen LogP contribution in [0.5, 0.6) is 0 Å². The number of likely N-dealkylation sites (tertiary alicyclic amines) is 2. The third kappa shape index (κ3) is 7.15. The summed E-state index contributed by atoms with van der Waals surface area (Å²) in [4.78, 5) is 72.8. The molecule has 5 atom stereocenters. The number of amides is 5. The van der Waals surface area contributed by atoms with E-state index < -0.39 is 29.8 Å². The normalized spacial score (nSPS) is 25.0. The lowest BCUT2D eigenvalue weighted by molar-refractivity contribution is -0.142. The molecule has 4 N–H and O–H groups in total. The molecular weight excluding hydrogens is 458 g/mol. The number of ketones is 1. The number of likely N-dealkylation sites (N-methyl/N-ethyl adjacent to an activating group) is 2. The van der Waals surface area contributed by atoms with Gasteiger partial charge in [0.25, 0.3) is 0 Å². The summed E-state index contributed by atoms with van der Waals surface area (Å²) in [5, 5.41) is 17.1. The van der Waals surface area contributed by atoms with Crippen LogP contribution in [-0.4, -0.2) is 95.7 Å². The molecule has 0 aliphatic carbocycles. The summed E-state index contributed by atoms with van der Waals surface area (Å²) < 4.78 is 0. The van der Waals surface area contributed by atoms with Crippen molar-refractivity contribution in [1.29, 1.82) is 0 Å². The summed E-state index contributed by atoms with van der Waals surface area (Å²) >= 11 is 0. The second kappa shape index (κ2) is 14.0. The van der Waals surface area contributed by atoms with Gasteiger partial charge >= 0.3 is 0 Å². The molecule has 198 valence electrons. The molecule has 35 heavy (non-hydrogen) atoms. The van der Waals surface area contributed by atoms with E-state index in [-0.39, 0.29) is 55.0 Å². The predicted molar refractivity (Wildman–Crippen MR) is 126 cm³/mol. The maximum atomic E-state index is 12.2. The number of Topliss-reactive ketones (excluding diaryl/α,β-unsaturated/α-hetero) is 1. The number of nitrogens with one attached hydrogen (secondary N) is 3. The molecule has 12 heteroatoms. The van der Waals surface area contributed by atoms with Crippen molar-refractivity contribution in [3.05, 3.63) is 0 Å². The molecular formula is C23H39N5O7. The maximum absolute atomic E-state index is 12.2. The first-order chi connectivity index (χ1) is 16.5. The zero-order chi connectivity index (χ0) is 26.9. The summed E-state index contributed by atoms with van der Waals surface area (Å²) in [6.45, 7) is 9.15. The summed E-state index contributed by atoms with van der Waals surface area (Å²) in [6.07, 6.45) is 0.550. The summed E-state index contributed by atoms with van der Waals surface area (Å²) in [5.41, 5.74) is 0. The van der Waals surface area contributed by atoms with E-state index in [0.29, 0.717) is 19.5 Å². The smallest absolute Gasteiger partial charge is 0.248 e. The van der Waals surface area contributed by atoms with E-state index in [4.69, 9.17) is 5.11 Å². The van der Waals surface area contributed by atoms with E-state index in [1.807, 2.05) is 0 Å². The lowest BCUT2D eigenvalue weighted by Gasteiger charge is -2.20. The average molecular weight is 498 g/mol. The van der Waals surface area contributed by atoms with Gasteiger partial charge in [-0.05, 0) is 20.9 Å². The van der Waals surface area contributed by atoms with E-state index in [0.717, 1.165) is 4.90 Å². The molecule has 2 saturated heterocycles. The standard InChI is InChI=1S/C14H22N4O4.C9H17NO3/c1-5-17-11(19)8(3)10(14(17)22)16-6-18-12(20)7(2)9(15-4)13(18)21;1-3-8(12)5-7(6-11)9(13)10-4-2/h7-10,15-16H,5-6H2,1-4H3;7,11H,3-6H2,1-2H3,(H,10,13). The Morgan fingerprint density at radius 2 is 1.46 bits per heavy atom. The van der Waals surface area contributed by atoms with E-state index in [1.54, 1.807) is 41.7 Å². The lowest BCUT2D eigenvalue weighted by Crippen LogP contribution is -2.48. The van der Waals surface area contributed by atoms with Crippen molar-refractivity contribution in [2.24, 2.45) is 17.8 Å². The van der Waals surface area contributed by atoms with Crippen LogP contribution < -0.4 is 16.0 Å². The molecule has 2 fully saturated rings. The molecule has 0 radical (unpaired) electrons. The van der Waals surface area contributed by atoms with Gasteiger partial charge in [-0.2, -0.15) is 0 Å². The fraction of sp³-hybridized carbons (Fsp3) is 0.739. The molecule has 0 bridgehead atoms. The molecule has 0 saturated carbocycles. The Balaban J connectivity index is 0.000000405. The number of aliphatic hydroxyl groups excluding tert-OH is 1. The van der Waals surface area contributed by atoms with Crippen molar-refractivity contribution in [2.75, 3.05) is 33.4 Å². The second-order valence-electron chi connectivity index (χ2n) is 8.58. The van der Waals surface area contributed by atoms with Crippen LogP contribution in [0.2, 0.25) is 0 Å². The van der Waals surface area contributed by atoms with Gasteiger partial charge in [0.05, 0.1) is 37.1 Å². The third-order valence-corrected chi connectivity index (χ3v) is 6.28. The average Bonchev–Trinajstić information content (AvgIpc) is 3.17. The second-order valence-corrected chi connectivity index (χ2v) is 8.58. The SMILES string of the molecule is CCN1C(=O)C(C)C(NCN2C(=O)C(C)C(NC)C2=O)C1=O.CCNC(=O)C(CO)CC(=O)CC. The molecule has 0 aromatic carbocycles. The van der Waals surface area contributed by atoms with Gasteiger partial charge in [0.2, 0.25) is 29.5 Å². The van der Waals surface area contributed by atoms with Gasteiger partial charge in [0, 0.05) is 25.9 Å². The minimum Gasteiger partial charge on any atom is -0.396 e. The molecule has 2 aliphatic heterocycles. The number of rotatable bonds is 11. The maximum Gasteiger partial charge on any atom is 0.248 e. The summed E-state index contributed by atoms with van der Waals surface area (Å²) in [6, 6.07) is -1.24. The van der Waals surface area contributed by atoms with Crippen LogP contribution in [0.15, 0.2) is 0 Å². The van der Waals surface area contributed by atoms with Gasteiger partial charge < -0.3 is 15.7 Å². The first-order valence-electron chi connectivity index (χ1n) is 12.0. The molecule has 0 aromatic heterocycles.